The second-order valence-electron chi connectivity index (χ2n) is 9.96. The Morgan fingerprint density at radius 2 is 1.94 bits per heavy atom. The molecule has 2 heterocycles. The Balaban J connectivity index is 1.25. The number of aryl methyl sites for hydroxylation is 3. The van der Waals surface area contributed by atoms with E-state index in [4.69, 9.17) is 0 Å². The van der Waals surface area contributed by atoms with Crippen molar-refractivity contribution in [1.29, 1.82) is 0 Å². The summed E-state index contributed by atoms with van der Waals surface area (Å²) in [6, 6.07) is 15.0. The van der Waals surface area contributed by atoms with Crippen LogP contribution in [0.5, 0.6) is 0 Å². The number of aromatic nitrogens is 5. The molecule has 0 amide bonds. The first-order valence-electron chi connectivity index (χ1n) is 12.3. The molecule has 36 heavy (non-hydrogen) atoms. The molecule has 0 aliphatic heterocycles. The van der Waals surface area contributed by atoms with E-state index < -0.39 is 5.97 Å². The van der Waals surface area contributed by atoms with Crippen LogP contribution in [-0.4, -0.2) is 36.3 Å². The molecule has 1 saturated carbocycles. The second kappa shape index (κ2) is 8.55. The number of anilines is 1. The van der Waals surface area contributed by atoms with Crippen LogP contribution in [0, 0.1) is 19.8 Å². The van der Waals surface area contributed by atoms with Gasteiger partial charge in [-0.2, -0.15) is 4.80 Å². The maximum atomic E-state index is 11.2. The molecule has 0 bridgehead atoms. The van der Waals surface area contributed by atoms with Crippen molar-refractivity contribution in [1.82, 2.24) is 25.2 Å². The molecule has 2 N–H and O–H groups in total. The average Bonchev–Trinajstić information content (AvgIpc) is 3.39. The minimum atomic E-state index is -0.717. The van der Waals surface area contributed by atoms with E-state index in [1.807, 2.05) is 18.3 Å². The Hall–Kier alpha value is -4.07. The molecule has 182 valence electrons. The number of nitrogens with one attached hydrogen (secondary N) is 1. The van der Waals surface area contributed by atoms with Crippen LogP contribution in [0.4, 0.5) is 5.82 Å². The van der Waals surface area contributed by atoms with E-state index in [1.165, 1.54) is 38.2 Å². The maximum Gasteiger partial charge on any atom is 0.307 e. The molecule has 8 heteroatoms. The largest absolute Gasteiger partial charge is 0.481 e. The third kappa shape index (κ3) is 3.92. The lowest BCUT2D eigenvalue weighted by atomic mass is 9.89. The van der Waals surface area contributed by atoms with Crippen molar-refractivity contribution in [2.75, 3.05) is 5.32 Å². The smallest absolute Gasteiger partial charge is 0.307 e. The van der Waals surface area contributed by atoms with E-state index in [2.05, 4.69) is 69.9 Å². The summed E-state index contributed by atoms with van der Waals surface area (Å²) in [5.74, 6) is 0.579. The number of aliphatic carboxylic acids is 1. The van der Waals surface area contributed by atoms with Gasteiger partial charge in [0.15, 0.2) is 0 Å². The first-order chi connectivity index (χ1) is 17.4. The van der Waals surface area contributed by atoms with Crippen molar-refractivity contribution in [3.63, 3.8) is 0 Å². The summed E-state index contributed by atoms with van der Waals surface area (Å²) in [6.07, 6.45) is 4.52. The highest BCUT2D eigenvalue weighted by Gasteiger charge is 2.44. The standard InChI is InChI=1S/C28H28N6O2/c1-15-11-18(27-31-33-34(3)32-27)12-16(2)26(15)21-6-4-5-20-19(21)8-9-24(20)30-25-10-7-17(14-29-25)22-13-23(22)28(35)36/h4-7,10-12,14,22-24H,8-9,13H2,1-3H3,(H,29,30)(H,35,36)/t22-,23+,24+/m0/s1. The molecule has 2 aromatic carbocycles. The molecule has 2 aromatic heterocycles. The monoisotopic (exact) mass is 480 g/mol. The molecule has 2 aliphatic carbocycles. The molecule has 2 aliphatic rings. The first-order valence-corrected chi connectivity index (χ1v) is 12.3. The number of benzene rings is 2. The number of carboxylic acids is 1. The van der Waals surface area contributed by atoms with Gasteiger partial charge < -0.3 is 10.4 Å². The average molecular weight is 481 g/mol. The molecule has 1 fully saturated rings. The van der Waals surface area contributed by atoms with Gasteiger partial charge in [-0.25, -0.2) is 4.98 Å². The molecule has 0 radical (unpaired) electrons. The Labute approximate surface area is 209 Å². The zero-order chi connectivity index (χ0) is 25.0. The van der Waals surface area contributed by atoms with Gasteiger partial charge in [-0.15, -0.1) is 10.2 Å². The van der Waals surface area contributed by atoms with Crippen molar-refractivity contribution in [2.45, 2.75) is 45.1 Å². The van der Waals surface area contributed by atoms with Gasteiger partial charge in [0.05, 0.1) is 19.0 Å². The summed E-state index contributed by atoms with van der Waals surface area (Å²) >= 11 is 0. The third-order valence-corrected chi connectivity index (χ3v) is 7.48. The maximum absolute atomic E-state index is 11.2. The summed E-state index contributed by atoms with van der Waals surface area (Å²) in [5.41, 5.74) is 9.61. The van der Waals surface area contributed by atoms with Crippen LogP contribution in [0.15, 0.2) is 48.7 Å². The van der Waals surface area contributed by atoms with Crippen molar-refractivity contribution in [3.8, 4) is 22.5 Å². The van der Waals surface area contributed by atoms with Gasteiger partial charge in [0.25, 0.3) is 0 Å². The molecule has 8 nitrogen and oxygen atoms in total. The van der Waals surface area contributed by atoms with Crippen LogP contribution in [0.2, 0.25) is 0 Å². The van der Waals surface area contributed by atoms with Crippen LogP contribution in [-0.2, 0) is 18.3 Å². The number of hydrogen-bond acceptors (Lipinski definition) is 6. The van der Waals surface area contributed by atoms with Crippen LogP contribution >= 0.6 is 0 Å². The normalized spacial score (nSPS) is 20.2. The number of carboxylic acid groups (broad SMARTS) is 1. The molecule has 4 aromatic rings. The van der Waals surface area contributed by atoms with E-state index in [-0.39, 0.29) is 17.9 Å². The number of rotatable bonds is 6. The fraction of sp³-hybridized carbons (Fsp3) is 0.321. The Bertz CT molecular complexity index is 1450. The number of hydrogen-bond donors (Lipinski definition) is 2. The molecule has 6 rings (SSSR count). The van der Waals surface area contributed by atoms with Crippen molar-refractivity contribution in [3.05, 3.63) is 76.5 Å². The van der Waals surface area contributed by atoms with Gasteiger partial charge in [-0.05, 0) is 101 Å². The van der Waals surface area contributed by atoms with Crippen LogP contribution in [0.1, 0.15) is 52.6 Å². The van der Waals surface area contributed by atoms with Gasteiger partial charge in [0, 0.05) is 11.8 Å². The lowest BCUT2D eigenvalue weighted by molar-refractivity contribution is -0.138. The van der Waals surface area contributed by atoms with E-state index in [1.54, 1.807) is 7.05 Å². The van der Waals surface area contributed by atoms with E-state index >= 15 is 0 Å². The minimum absolute atomic E-state index is 0.0985. The fourth-order valence-electron chi connectivity index (χ4n) is 5.68. The predicted molar refractivity (Wildman–Crippen MR) is 137 cm³/mol. The Kier molecular flexibility index (Phi) is 5.32. The van der Waals surface area contributed by atoms with Crippen molar-refractivity contribution in [2.24, 2.45) is 13.0 Å². The summed E-state index contributed by atoms with van der Waals surface area (Å²) in [4.78, 5) is 17.2. The fourth-order valence-corrected chi connectivity index (χ4v) is 5.68. The number of nitrogens with zero attached hydrogens (tertiary/aromatic N) is 5. The highest BCUT2D eigenvalue weighted by Crippen LogP contribution is 2.47. The van der Waals surface area contributed by atoms with Crippen LogP contribution in [0.3, 0.4) is 0 Å². The van der Waals surface area contributed by atoms with E-state index in [0.717, 1.165) is 29.8 Å². The minimum Gasteiger partial charge on any atom is -0.481 e. The summed E-state index contributed by atoms with van der Waals surface area (Å²) in [6.45, 7) is 4.29. The molecule has 3 atom stereocenters. The zero-order valence-electron chi connectivity index (χ0n) is 20.6. The number of carbonyl (C=O) groups is 1. The van der Waals surface area contributed by atoms with Crippen molar-refractivity contribution >= 4 is 11.8 Å². The van der Waals surface area contributed by atoms with Gasteiger partial charge in [0.1, 0.15) is 5.82 Å². The topological polar surface area (TPSA) is 106 Å². The van der Waals surface area contributed by atoms with Crippen LogP contribution in [0.25, 0.3) is 22.5 Å². The molecule has 0 spiro atoms. The highest BCUT2D eigenvalue weighted by atomic mass is 16.4. The number of tetrazole rings is 1. The lowest BCUT2D eigenvalue weighted by Gasteiger charge is -2.18. The summed E-state index contributed by atoms with van der Waals surface area (Å²) in [7, 11) is 1.77. The van der Waals surface area contributed by atoms with E-state index in [9.17, 15) is 9.90 Å². The lowest BCUT2D eigenvalue weighted by Crippen LogP contribution is -2.08. The van der Waals surface area contributed by atoms with Gasteiger partial charge in [-0.1, -0.05) is 24.3 Å². The van der Waals surface area contributed by atoms with Crippen LogP contribution < -0.4 is 5.32 Å². The quantitative estimate of drug-likeness (QED) is 0.407. The summed E-state index contributed by atoms with van der Waals surface area (Å²) < 4.78 is 0. The molecule has 0 saturated heterocycles. The third-order valence-electron chi connectivity index (χ3n) is 7.48. The SMILES string of the molecule is Cc1cc(-c2nnn(C)n2)cc(C)c1-c1cccc2c1CC[C@H]2Nc1ccc([C@@H]2C[C@H]2C(=O)O)cn1. The Morgan fingerprint density at radius 1 is 1.14 bits per heavy atom. The van der Waals surface area contributed by atoms with Gasteiger partial charge in [0.2, 0.25) is 5.82 Å². The van der Waals surface area contributed by atoms with E-state index in [0.29, 0.717) is 12.2 Å². The number of fused-ring (bicyclic) bond motifs is 1. The highest BCUT2D eigenvalue weighted by molar-refractivity contribution is 5.79. The van der Waals surface area contributed by atoms with Gasteiger partial charge >= 0.3 is 5.97 Å². The second-order valence-corrected chi connectivity index (χ2v) is 9.96. The molecular weight excluding hydrogens is 452 g/mol. The molecular formula is C28H28N6O2. The van der Waals surface area contributed by atoms with Crippen molar-refractivity contribution < 1.29 is 9.90 Å². The van der Waals surface area contributed by atoms with Gasteiger partial charge in [-0.3, -0.25) is 4.79 Å². The number of pyridine rings is 1. The molecule has 0 unspecified atom stereocenters. The first kappa shape index (κ1) is 22.4. The summed E-state index contributed by atoms with van der Waals surface area (Å²) in [5, 5.41) is 25.3. The zero-order valence-corrected chi connectivity index (χ0v) is 20.6. The predicted octanol–water partition coefficient (Wildman–Crippen LogP) is 4.84. The Morgan fingerprint density at radius 3 is 2.58 bits per heavy atom.